The number of benzene rings is 3. The quantitative estimate of drug-likeness (QED) is 0.313. The Bertz CT molecular complexity index is 1600. The summed E-state index contributed by atoms with van der Waals surface area (Å²) >= 11 is 1.20. The second-order valence-electron chi connectivity index (χ2n) is 8.76. The van der Waals surface area contributed by atoms with Crippen LogP contribution in [-0.4, -0.2) is 44.0 Å². The number of anilines is 2. The zero-order valence-corrected chi connectivity index (χ0v) is 22.0. The van der Waals surface area contributed by atoms with E-state index in [4.69, 9.17) is 0 Å². The van der Waals surface area contributed by atoms with E-state index in [1.54, 1.807) is 24.3 Å². The molecule has 3 amide bonds. The number of urea groups is 1. The van der Waals surface area contributed by atoms with E-state index in [2.05, 4.69) is 25.1 Å². The van der Waals surface area contributed by atoms with Crippen molar-refractivity contribution >= 4 is 40.2 Å². The fourth-order valence-electron chi connectivity index (χ4n) is 3.90. The number of thioether (sulfide) groups is 1. The minimum Gasteiger partial charge on any atom is -0.406 e. The molecule has 13 heteroatoms. The molecule has 0 bridgehead atoms. The molecular formula is C27H21F3N6O3S. The van der Waals surface area contributed by atoms with Crippen LogP contribution in [0.1, 0.15) is 11.1 Å². The normalized spacial score (nSPS) is 14.6. The standard InChI is InChI=1S/C27H21F3N6O3S/c1-16-3-4-17(2)22(13-16)36-23(37)14-40-26(36)33-25(38)32-19-7-5-18(6-8-19)24-31-15-35(34-24)20-9-11-21(12-10-20)39-27(28,29)30/h3-13,15H,14H2,1-2H3,(H,32,38)/b33-26-. The number of amidine groups is 1. The predicted octanol–water partition coefficient (Wildman–Crippen LogP) is 6.12. The van der Waals surface area contributed by atoms with Gasteiger partial charge in [-0.15, -0.1) is 18.3 Å². The molecule has 0 spiro atoms. The van der Waals surface area contributed by atoms with Gasteiger partial charge in [0.2, 0.25) is 5.91 Å². The lowest BCUT2D eigenvalue weighted by Gasteiger charge is -2.19. The van der Waals surface area contributed by atoms with Gasteiger partial charge in [-0.2, -0.15) is 4.99 Å². The van der Waals surface area contributed by atoms with Gasteiger partial charge >= 0.3 is 12.4 Å². The van der Waals surface area contributed by atoms with Crippen LogP contribution in [0.3, 0.4) is 0 Å². The van der Waals surface area contributed by atoms with Gasteiger partial charge in [-0.3, -0.25) is 9.69 Å². The van der Waals surface area contributed by atoms with E-state index >= 15 is 0 Å². The van der Waals surface area contributed by atoms with Gasteiger partial charge in [0.25, 0.3) is 0 Å². The Kier molecular flexibility index (Phi) is 7.30. The van der Waals surface area contributed by atoms with Gasteiger partial charge in [0.05, 0.1) is 17.1 Å². The topological polar surface area (TPSA) is 102 Å². The van der Waals surface area contributed by atoms with E-state index in [0.717, 1.165) is 11.1 Å². The molecule has 1 N–H and O–H groups in total. The van der Waals surface area contributed by atoms with Crippen LogP contribution < -0.4 is 15.0 Å². The highest BCUT2D eigenvalue weighted by molar-refractivity contribution is 8.15. The maximum atomic E-state index is 12.7. The number of aromatic nitrogens is 3. The van der Waals surface area contributed by atoms with E-state index in [1.165, 1.54) is 51.9 Å². The van der Waals surface area contributed by atoms with Crippen LogP contribution in [0.5, 0.6) is 5.75 Å². The summed E-state index contributed by atoms with van der Waals surface area (Å²) in [5.74, 6) is 0.0839. The number of nitrogens with zero attached hydrogens (tertiary/aromatic N) is 5. The second kappa shape index (κ2) is 10.8. The molecule has 3 aromatic carbocycles. The molecule has 40 heavy (non-hydrogen) atoms. The van der Waals surface area contributed by atoms with Crippen molar-refractivity contribution in [3.63, 3.8) is 0 Å². The summed E-state index contributed by atoms with van der Waals surface area (Å²) in [6, 6.07) is 17.1. The molecule has 0 aliphatic carbocycles. The Morgan fingerprint density at radius 2 is 1.77 bits per heavy atom. The maximum Gasteiger partial charge on any atom is 0.573 e. The van der Waals surface area contributed by atoms with E-state index in [9.17, 15) is 22.8 Å². The average molecular weight is 567 g/mol. The summed E-state index contributed by atoms with van der Waals surface area (Å²) in [5.41, 5.74) is 4.21. The molecule has 4 aromatic rings. The summed E-state index contributed by atoms with van der Waals surface area (Å²) in [6.07, 6.45) is -3.33. The molecule has 1 aromatic heterocycles. The van der Waals surface area contributed by atoms with Crippen LogP contribution >= 0.6 is 11.8 Å². The number of hydrogen-bond acceptors (Lipinski definition) is 6. The third-order valence-corrected chi connectivity index (χ3v) is 6.71. The fourth-order valence-corrected chi connectivity index (χ4v) is 4.76. The molecule has 0 atom stereocenters. The number of aryl methyl sites for hydroxylation is 2. The highest BCUT2D eigenvalue weighted by atomic mass is 32.2. The lowest BCUT2D eigenvalue weighted by atomic mass is 10.1. The lowest BCUT2D eigenvalue weighted by Crippen LogP contribution is -2.31. The van der Waals surface area contributed by atoms with Crippen molar-refractivity contribution in [1.82, 2.24) is 14.8 Å². The van der Waals surface area contributed by atoms with Crippen LogP contribution in [-0.2, 0) is 4.79 Å². The first-order chi connectivity index (χ1) is 19.1. The lowest BCUT2D eigenvalue weighted by molar-refractivity contribution is -0.274. The predicted molar refractivity (Wildman–Crippen MR) is 146 cm³/mol. The van der Waals surface area contributed by atoms with Gasteiger partial charge in [0, 0.05) is 11.3 Å². The van der Waals surface area contributed by atoms with Crippen LogP contribution in [0.15, 0.2) is 78.0 Å². The first-order valence-corrected chi connectivity index (χ1v) is 12.9. The molecule has 5 rings (SSSR count). The van der Waals surface area contributed by atoms with E-state index in [-0.39, 0.29) is 17.4 Å². The first kappa shape index (κ1) is 26.9. The van der Waals surface area contributed by atoms with Crippen LogP contribution in [0, 0.1) is 13.8 Å². The molecule has 0 radical (unpaired) electrons. The van der Waals surface area contributed by atoms with Gasteiger partial charge < -0.3 is 10.1 Å². The molecule has 0 saturated carbocycles. The first-order valence-electron chi connectivity index (χ1n) is 11.9. The highest BCUT2D eigenvalue weighted by Crippen LogP contribution is 2.30. The van der Waals surface area contributed by atoms with E-state index in [1.807, 2.05) is 32.0 Å². The van der Waals surface area contributed by atoms with Crippen molar-refractivity contribution in [3.05, 3.63) is 84.2 Å². The average Bonchev–Trinajstić information content (AvgIpc) is 3.53. The Morgan fingerprint density at radius 3 is 2.48 bits per heavy atom. The SMILES string of the molecule is Cc1ccc(C)c(N2C(=O)CS/C2=N\C(=O)Nc2ccc(-c3ncn(-c4ccc(OC(F)(F)F)cc4)n3)cc2)c1. The molecule has 1 fully saturated rings. The number of ether oxygens (including phenoxy) is 1. The number of halogens is 3. The number of amides is 3. The fraction of sp³-hybridized carbons (Fsp3) is 0.148. The Labute approximate surface area is 230 Å². The number of hydrogen-bond donors (Lipinski definition) is 1. The number of carbonyl (C=O) groups excluding carboxylic acids is 2. The molecule has 0 unspecified atom stereocenters. The van der Waals surface area contributed by atoms with Crippen molar-refractivity contribution in [2.75, 3.05) is 16.0 Å². The number of nitrogens with one attached hydrogen (secondary N) is 1. The van der Waals surface area contributed by atoms with Crippen molar-refractivity contribution < 1.29 is 27.5 Å². The Hall–Kier alpha value is -4.65. The van der Waals surface area contributed by atoms with E-state index in [0.29, 0.717) is 33.6 Å². The van der Waals surface area contributed by atoms with Crippen LogP contribution in [0.2, 0.25) is 0 Å². The summed E-state index contributed by atoms with van der Waals surface area (Å²) < 4.78 is 42.4. The van der Waals surface area contributed by atoms with Crippen molar-refractivity contribution in [3.8, 4) is 22.8 Å². The molecule has 1 saturated heterocycles. The molecule has 2 heterocycles. The zero-order chi connectivity index (χ0) is 28.4. The molecule has 9 nitrogen and oxygen atoms in total. The number of rotatable bonds is 5. The van der Waals surface area contributed by atoms with Gasteiger partial charge in [0.15, 0.2) is 11.0 Å². The summed E-state index contributed by atoms with van der Waals surface area (Å²) in [6.45, 7) is 3.82. The Morgan fingerprint density at radius 1 is 1.05 bits per heavy atom. The van der Waals surface area contributed by atoms with Crippen molar-refractivity contribution in [2.24, 2.45) is 4.99 Å². The van der Waals surface area contributed by atoms with Gasteiger partial charge in [-0.1, -0.05) is 23.9 Å². The third kappa shape index (κ3) is 6.15. The molecule has 204 valence electrons. The summed E-state index contributed by atoms with van der Waals surface area (Å²) in [4.78, 5) is 35.1. The second-order valence-corrected chi connectivity index (χ2v) is 9.71. The molecule has 1 aliphatic heterocycles. The van der Waals surface area contributed by atoms with E-state index < -0.39 is 12.4 Å². The monoisotopic (exact) mass is 566 g/mol. The maximum absolute atomic E-state index is 12.7. The highest BCUT2D eigenvalue weighted by Gasteiger charge is 2.32. The molecular weight excluding hydrogens is 545 g/mol. The van der Waals surface area contributed by atoms with Crippen LogP contribution in [0.4, 0.5) is 29.3 Å². The Balaban J connectivity index is 1.26. The number of aliphatic imine (C=N–C) groups is 1. The van der Waals surface area contributed by atoms with Crippen molar-refractivity contribution in [1.29, 1.82) is 0 Å². The number of carbonyl (C=O) groups is 2. The summed E-state index contributed by atoms with van der Waals surface area (Å²) in [7, 11) is 0. The van der Waals surface area contributed by atoms with Gasteiger partial charge in [0.1, 0.15) is 12.1 Å². The van der Waals surface area contributed by atoms with Gasteiger partial charge in [-0.25, -0.2) is 14.5 Å². The minimum atomic E-state index is -4.77. The smallest absolute Gasteiger partial charge is 0.406 e. The summed E-state index contributed by atoms with van der Waals surface area (Å²) in [5, 5.41) is 7.37. The zero-order valence-electron chi connectivity index (χ0n) is 21.1. The van der Waals surface area contributed by atoms with Gasteiger partial charge in [-0.05, 0) is 79.6 Å². The molecule has 1 aliphatic rings. The van der Waals surface area contributed by atoms with Crippen LogP contribution in [0.25, 0.3) is 17.1 Å². The van der Waals surface area contributed by atoms with Crippen molar-refractivity contribution in [2.45, 2.75) is 20.2 Å². The largest absolute Gasteiger partial charge is 0.573 e. The number of alkyl halides is 3. The third-order valence-electron chi connectivity index (χ3n) is 5.79. The minimum absolute atomic E-state index is 0.146.